The molecule has 0 amide bonds. The van der Waals surface area contributed by atoms with Crippen LogP contribution in [-0.2, 0) is 21.3 Å². The smallest absolute Gasteiger partial charge is 0.412 e. The lowest BCUT2D eigenvalue weighted by molar-refractivity contribution is -0.148. The Hall–Kier alpha value is -2.20. The number of hydrogen-bond donors (Lipinski definition) is 1. The van der Waals surface area contributed by atoms with Gasteiger partial charge in [0.15, 0.2) is 0 Å². The van der Waals surface area contributed by atoms with Crippen molar-refractivity contribution in [1.82, 2.24) is 10.3 Å². The summed E-state index contributed by atoms with van der Waals surface area (Å²) in [7, 11) is -1.92. The molecule has 1 aromatic carbocycles. The van der Waals surface area contributed by atoms with Crippen LogP contribution < -0.4 is 10.1 Å². The number of nitrogens with zero attached hydrogens (tertiary/aromatic N) is 2. The summed E-state index contributed by atoms with van der Waals surface area (Å²) >= 11 is 0. The van der Waals surface area contributed by atoms with E-state index >= 15 is 0 Å². The van der Waals surface area contributed by atoms with Crippen LogP contribution in [0, 0.1) is 5.82 Å². The summed E-state index contributed by atoms with van der Waals surface area (Å²) in [5, 5.41) is 3.17. The Balaban J connectivity index is 1.90. The second-order valence-corrected chi connectivity index (χ2v) is 7.18. The molecule has 0 saturated heterocycles. The molecule has 28 heavy (non-hydrogen) atoms. The van der Waals surface area contributed by atoms with Crippen LogP contribution in [0.1, 0.15) is 24.1 Å². The van der Waals surface area contributed by atoms with Gasteiger partial charge in [-0.15, -0.1) is 6.26 Å². The Bertz CT molecular complexity index is 835. The molecule has 1 aromatic heterocycles. The van der Waals surface area contributed by atoms with Crippen LogP contribution in [0.25, 0.3) is 0 Å². The third-order valence-corrected chi connectivity index (χ3v) is 4.20. The molecule has 0 aliphatic rings. The molecule has 2 atom stereocenters. The van der Waals surface area contributed by atoms with Crippen molar-refractivity contribution >= 4 is 10.6 Å². The fourth-order valence-electron chi connectivity index (χ4n) is 2.28. The summed E-state index contributed by atoms with van der Waals surface area (Å²) in [6, 6.07) is 6.25. The first-order chi connectivity index (χ1) is 13.1. The highest BCUT2D eigenvalue weighted by molar-refractivity contribution is 7.74. The fourth-order valence-corrected chi connectivity index (χ4v) is 2.82. The van der Waals surface area contributed by atoms with Crippen molar-refractivity contribution in [2.45, 2.75) is 31.7 Å². The molecule has 1 N–H and O–H groups in total. The Morgan fingerprint density at radius 1 is 1.21 bits per heavy atom. The van der Waals surface area contributed by atoms with Crippen LogP contribution in [0.5, 0.6) is 5.88 Å². The van der Waals surface area contributed by atoms with E-state index in [0.29, 0.717) is 12.4 Å². The van der Waals surface area contributed by atoms with E-state index < -0.39 is 28.6 Å². The molecule has 0 fully saturated rings. The van der Waals surface area contributed by atoms with E-state index in [1.807, 2.05) is 6.92 Å². The molecule has 5 nitrogen and oxygen atoms in total. The van der Waals surface area contributed by atoms with E-state index in [2.05, 4.69) is 14.7 Å². The van der Waals surface area contributed by atoms with Gasteiger partial charge in [0.25, 0.3) is 0 Å². The van der Waals surface area contributed by atoms with Gasteiger partial charge in [0.05, 0.1) is 6.20 Å². The molecule has 0 radical (unpaired) electrons. The Morgan fingerprint density at radius 3 is 2.43 bits per heavy atom. The van der Waals surface area contributed by atoms with Crippen LogP contribution in [0.15, 0.2) is 47.0 Å². The van der Waals surface area contributed by atoms with Crippen molar-refractivity contribution in [3.05, 3.63) is 59.5 Å². The van der Waals surface area contributed by atoms with Crippen molar-refractivity contribution < 1.29 is 26.5 Å². The molecule has 0 bridgehead atoms. The average Bonchev–Trinajstić information content (AvgIpc) is 2.63. The highest BCUT2D eigenvalue weighted by atomic mass is 32.2. The predicted molar refractivity (Wildman–Crippen MR) is 97.6 cm³/mol. The van der Waals surface area contributed by atoms with Crippen molar-refractivity contribution in [3.8, 4) is 5.88 Å². The Kier molecular flexibility index (Phi) is 7.76. The number of rotatable bonds is 8. The first-order valence-electron chi connectivity index (χ1n) is 8.33. The number of aromatic nitrogens is 1. The van der Waals surface area contributed by atoms with Gasteiger partial charge in [-0.25, -0.2) is 9.37 Å². The molecule has 10 heteroatoms. The van der Waals surface area contributed by atoms with Crippen molar-refractivity contribution in [2.75, 3.05) is 12.9 Å². The van der Waals surface area contributed by atoms with E-state index in [9.17, 15) is 21.8 Å². The molecule has 154 valence electrons. The van der Waals surface area contributed by atoms with Crippen LogP contribution in [0.4, 0.5) is 17.6 Å². The SMILES string of the molecule is C[C@@H](COc1ccc(F)cn1)NCc1ccc([C@H](N=[S-](C)=O)C(F)(F)F)cc1. The number of ether oxygens (including phenoxy) is 1. The number of pyridine rings is 1. The zero-order chi connectivity index (χ0) is 20.7. The highest BCUT2D eigenvalue weighted by Gasteiger charge is 2.39. The van der Waals surface area contributed by atoms with Gasteiger partial charge in [-0.05, 0) is 24.1 Å². The zero-order valence-corrected chi connectivity index (χ0v) is 16.1. The lowest BCUT2D eigenvalue weighted by Crippen LogP contribution is -2.31. The normalized spacial score (nSPS) is 15.2. The second kappa shape index (κ2) is 9.83. The fraction of sp³-hybridized carbons (Fsp3) is 0.389. The summed E-state index contributed by atoms with van der Waals surface area (Å²) in [5.74, 6) is -0.151. The molecule has 0 spiro atoms. The molecule has 0 aliphatic carbocycles. The minimum absolute atomic E-state index is 0.0646. The van der Waals surface area contributed by atoms with Gasteiger partial charge in [-0.2, -0.15) is 23.8 Å². The minimum atomic E-state index is -4.61. The standard InChI is InChI=1S/C18H20F4N3O2S/c1-12(11-27-16-8-7-15(19)10-24-16)23-9-13-3-5-14(6-4-13)17(18(20,21)22)25-28(2)26/h3-8,10,12,17,23H,9,11H2,1-2H3/q-1/t12-,17-/m0/s1. The van der Waals surface area contributed by atoms with Gasteiger partial charge in [-0.1, -0.05) is 24.3 Å². The number of halogens is 4. The largest absolute Gasteiger partial charge is 0.476 e. The minimum Gasteiger partial charge on any atom is -0.476 e. The van der Waals surface area contributed by atoms with E-state index in [1.165, 1.54) is 24.3 Å². The van der Waals surface area contributed by atoms with Gasteiger partial charge >= 0.3 is 6.18 Å². The summed E-state index contributed by atoms with van der Waals surface area (Å²) in [6.45, 7) is 2.57. The van der Waals surface area contributed by atoms with Gasteiger partial charge in [-0.3, -0.25) is 0 Å². The van der Waals surface area contributed by atoms with Gasteiger partial charge in [0.1, 0.15) is 18.5 Å². The summed E-state index contributed by atoms with van der Waals surface area (Å²) in [5.41, 5.74) is 0.708. The van der Waals surface area contributed by atoms with Crippen LogP contribution in [0.3, 0.4) is 0 Å². The van der Waals surface area contributed by atoms with Crippen molar-refractivity contribution in [1.29, 1.82) is 0 Å². The maximum atomic E-state index is 13.1. The van der Waals surface area contributed by atoms with Crippen LogP contribution in [0.2, 0.25) is 0 Å². The second-order valence-electron chi connectivity index (χ2n) is 6.12. The summed E-state index contributed by atoms with van der Waals surface area (Å²) in [6.07, 6.45) is -2.45. The Labute approximate surface area is 162 Å². The first-order valence-corrected chi connectivity index (χ1v) is 9.84. The molecule has 2 aromatic rings. The molecular weight excluding hydrogens is 398 g/mol. The molecule has 0 aliphatic heterocycles. The van der Waals surface area contributed by atoms with E-state index in [-0.39, 0.29) is 18.2 Å². The van der Waals surface area contributed by atoms with Crippen LogP contribution >= 0.6 is 0 Å². The quantitative estimate of drug-likeness (QED) is 0.517. The third kappa shape index (κ3) is 7.08. The highest BCUT2D eigenvalue weighted by Crippen LogP contribution is 2.36. The topological polar surface area (TPSA) is 63.6 Å². The molecular formula is C18H20F4N3O2S-. The third-order valence-electron chi connectivity index (χ3n) is 3.70. The summed E-state index contributed by atoms with van der Waals surface area (Å²) < 4.78 is 71.8. The first kappa shape index (κ1) is 22.1. The number of hydrogen-bond acceptors (Lipinski definition) is 6. The molecule has 2 rings (SSSR count). The number of alkyl halides is 3. The molecule has 0 unspecified atom stereocenters. The average molecular weight is 418 g/mol. The molecule has 1 heterocycles. The predicted octanol–water partition coefficient (Wildman–Crippen LogP) is 4.16. The maximum Gasteiger partial charge on any atom is 0.412 e. The monoisotopic (exact) mass is 418 g/mol. The maximum absolute atomic E-state index is 13.1. The van der Waals surface area contributed by atoms with Gasteiger partial charge < -0.3 is 18.6 Å². The van der Waals surface area contributed by atoms with E-state index in [0.717, 1.165) is 18.0 Å². The van der Waals surface area contributed by atoms with Crippen LogP contribution in [-0.4, -0.2) is 30.1 Å². The van der Waals surface area contributed by atoms with Gasteiger partial charge in [0.2, 0.25) is 5.88 Å². The number of benzene rings is 1. The zero-order valence-electron chi connectivity index (χ0n) is 15.2. The lowest BCUT2D eigenvalue weighted by atomic mass is 10.1. The molecule has 0 saturated carbocycles. The van der Waals surface area contributed by atoms with Crippen molar-refractivity contribution in [3.63, 3.8) is 0 Å². The van der Waals surface area contributed by atoms with Crippen molar-refractivity contribution in [2.24, 2.45) is 4.36 Å². The number of nitrogens with one attached hydrogen (secondary N) is 1. The van der Waals surface area contributed by atoms with Gasteiger partial charge in [0, 0.05) is 18.7 Å². The summed E-state index contributed by atoms with van der Waals surface area (Å²) in [4.78, 5) is 3.79. The Morgan fingerprint density at radius 2 is 1.89 bits per heavy atom. The van der Waals surface area contributed by atoms with E-state index in [1.54, 1.807) is 12.1 Å². The van der Waals surface area contributed by atoms with E-state index in [4.69, 9.17) is 4.74 Å². The lowest BCUT2D eigenvalue weighted by Gasteiger charge is -2.20.